The highest BCUT2D eigenvalue weighted by Gasteiger charge is 2.34. The Balaban J connectivity index is 1.47. The molecule has 0 aliphatic carbocycles. The second-order valence-corrected chi connectivity index (χ2v) is 9.14. The van der Waals surface area contributed by atoms with Crippen molar-refractivity contribution in [1.29, 1.82) is 0 Å². The second kappa shape index (κ2) is 9.97. The zero-order valence-corrected chi connectivity index (χ0v) is 21.1. The Morgan fingerprint density at radius 2 is 1.85 bits per heavy atom. The topological polar surface area (TPSA) is 128 Å². The van der Waals surface area contributed by atoms with Gasteiger partial charge in [0.05, 0.1) is 29.8 Å². The standard InChI is InChI=1S/C26H25F3N6O4/c1-14-23(16-11-18(26(27,28)29)24(30)31-13-16)35-22(32-14)6-4-19(33-35)15-3-5-20(21(12-15)38-2)39-17-7-9-34(10-8-17)25(36)37/h3-6,11-13,17H,7-10H2,1-2H3,(H2,30,31)(H,36,37). The third kappa shape index (κ3) is 5.11. The summed E-state index contributed by atoms with van der Waals surface area (Å²) in [4.78, 5) is 20.7. The molecule has 1 aliphatic rings. The number of pyridine rings is 1. The Hall–Kier alpha value is -4.55. The molecule has 13 heteroatoms. The first-order valence-corrected chi connectivity index (χ1v) is 12.1. The number of anilines is 1. The van der Waals surface area contributed by atoms with Crippen LogP contribution in [-0.4, -0.2) is 62.0 Å². The Kier molecular flexibility index (Phi) is 6.66. The van der Waals surface area contributed by atoms with Crippen molar-refractivity contribution in [3.8, 4) is 34.0 Å². The fraction of sp³-hybridized carbons (Fsp3) is 0.308. The molecule has 1 saturated heterocycles. The van der Waals surface area contributed by atoms with Crippen LogP contribution in [0.25, 0.3) is 28.2 Å². The van der Waals surface area contributed by atoms with E-state index in [4.69, 9.17) is 20.3 Å². The fourth-order valence-corrected chi connectivity index (χ4v) is 4.63. The number of imidazole rings is 1. The van der Waals surface area contributed by atoms with E-state index in [0.29, 0.717) is 65.7 Å². The molecule has 3 N–H and O–H groups in total. The number of piperidine rings is 1. The van der Waals surface area contributed by atoms with E-state index < -0.39 is 23.7 Å². The van der Waals surface area contributed by atoms with E-state index >= 15 is 0 Å². The van der Waals surface area contributed by atoms with Crippen LogP contribution >= 0.6 is 0 Å². The first-order chi connectivity index (χ1) is 18.5. The second-order valence-electron chi connectivity index (χ2n) is 9.14. The molecule has 1 aromatic carbocycles. The minimum absolute atomic E-state index is 0.151. The summed E-state index contributed by atoms with van der Waals surface area (Å²) in [6, 6.07) is 9.74. The predicted octanol–water partition coefficient (Wildman–Crippen LogP) is 4.90. The van der Waals surface area contributed by atoms with Crippen LogP contribution in [0.5, 0.6) is 11.5 Å². The van der Waals surface area contributed by atoms with Crippen LogP contribution < -0.4 is 15.2 Å². The molecule has 0 atom stereocenters. The number of carbonyl (C=O) groups is 1. The number of hydrogen-bond acceptors (Lipinski definition) is 7. The van der Waals surface area contributed by atoms with E-state index in [1.807, 2.05) is 0 Å². The van der Waals surface area contributed by atoms with Gasteiger partial charge in [0, 0.05) is 43.3 Å². The summed E-state index contributed by atoms with van der Waals surface area (Å²) in [5.74, 6) is 0.380. The van der Waals surface area contributed by atoms with E-state index in [2.05, 4.69) is 15.1 Å². The summed E-state index contributed by atoms with van der Waals surface area (Å²) in [6.45, 7) is 2.47. The number of nitrogens with zero attached hydrogens (tertiary/aromatic N) is 5. The van der Waals surface area contributed by atoms with Crippen molar-refractivity contribution in [3.05, 3.63) is 53.9 Å². The number of aromatic nitrogens is 4. The van der Waals surface area contributed by atoms with E-state index in [0.717, 1.165) is 6.07 Å². The molecule has 1 aliphatic heterocycles. The molecule has 0 unspecified atom stereocenters. The maximum Gasteiger partial charge on any atom is 0.419 e. The number of nitrogen functional groups attached to an aromatic ring is 1. The smallest absolute Gasteiger partial charge is 0.419 e. The third-order valence-corrected chi connectivity index (χ3v) is 6.61. The van der Waals surface area contributed by atoms with Gasteiger partial charge in [-0.05, 0) is 43.3 Å². The SMILES string of the molecule is COc1cc(-c2ccc3nc(C)c(-c4cnc(N)c(C(F)(F)F)c4)n3n2)ccc1OC1CCN(C(=O)O)CC1. The van der Waals surface area contributed by atoms with Gasteiger partial charge in [-0.3, -0.25) is 0 Å². The third-order valence-electron chi connectivity index (χ3n) is 6.61. The van der Waals surface area contributed by atoms with Gasteiger partial charge < -0.3 is 25.2 Å². The van der Waals surface area contributed by atoms with Crippen LogP contribution in [0, 0.1) is 6.92 Å². The van der Waals surface area contributed by atoms with Crippen molar-refractivity contribution in [1.82, 2.24) is 24.5 Å². The highest BCUT2D eigenvalue weighted by molar-refractivity contribution is 5.70. The van der Waals surface area contributed by atoms with Crippen molar-refractivity contribution in [2.24, 2.45) is 0 Å². The fourth-order valence-electron chi connectivity index (χ4n) is 4.63. The van der Waals surface area contributed by atoms with Crippen LogP contribution in [0.3, 0.4) is 0 Å². The number of methoxy groups -OCH3 is 1. The van der Waals surface area contributed by atoms with Crippen molar-refractivity contribution >= 4 is 17.6 Å². The van der Waals surface area contributed by atoms with Crippen LogP contribution in [-0.2, 0) is 6.18 Å². The Morgan fingerprint density at radius 3 is 2.51 bits per heavy atom. The average molecular weight is 543 g/mol. The van der Waals surface area contributed by atoms with E-state index in [9.17, 15) is 18.0 Å². The van der Waals surface area contributed by atoms with Crippen molar-refractivity contribution in [3.63, 3.8) is 0 Å². The van der Waals surface area contributed by atoms with E-state index in [1.165, 1.54) is 22.7 Å². The molecule has 0 bridgehead atoms. The number of rotatable bonds is 5. The van der Waals surface area contributed by atoms with Gasteiger partial charge in [0.15, 0.2) is 17.1 Å². The number of alkyl halides is 3. The molecule has 5 rings (SSSR count). The van der Waals surface area contributed by atoms with Crippen molar-refractivity contribution in [2.75, 3.05) is 25.9 Å². The zero-order valence-electron chi connectivity index (χ0n) is 21.1. The van der Waals surface area contributed by atoms with Gasteiger partial charge in [0.1, 0.15) is 11.9 Å². The van der Waals surface area contributed by atoms with Crippen LogP contribution in [0.1, 0.15) is 24.1 Å². The average Bonchev–Trinajstić information content (AvgIpc) is 3.23. The lowest BCUT2D eigenvalue weighted by Crippen LogP contribution is -2.41. The number of aryl methyl sites for hydroxylation is 1. The van der Waals surface area contributed by atoms with Gasteiger partial charge in [-0.1, -0.05) is 0 Å². The Morgan fingerprint density at radius 1 is 1.10 bits per heavy atom. The molecular formula is C26H25F3N6O4. The molecule has 0 saturated carbocycles. The quantitative estimate of drug-likeness (QED) is 0.365. The lowest BCUT2D eigenvalue weighted by Gasteiger charge is -2.30. The van der Waals surface area contributed by atoms with Crippen molar-refractivity contribution < 1.29 is 32.5 Å². The largest absolute Gasteiger partial charge is 0.493 e. The molecule has 3 aromatic heterocycles. The van der Waals surface area contributed by atoms with Crippen molar-refractivity contribution in [2.45, 2.75) is 32.0 Å². The first-order valence-electron chi connectivity index (χ1n) is 12.1. The number of benzene rings is 1. The maximum atomic E-state index is 13.5. The van der Waals surface area contributed by atoms with Gasteiger partial charge in [-0.2, -0.15) is 18.3 Å². The molecule has 204 valence electrons. The summed E-state index contributed by atoms with van der Waals surface area (Å²) in [6.07, 6.45) is -3.35. The van der Waals surface area contributed by atoms with Crippen LogP contribution in [0.4, 0.5) is 23.8 Å². The molecule has 4 aromatic rings. The van der Waals surface area contributed by atoms with Gasteiger partial charge in [0.25, 0.3) is 0 Å². The molecular weight excluding hydrogens is 517 g/mol. The van der Waals surface area contributed by atoms with E-state index in [1.54, 1.807) is 37.3 Å². The maximum absolute atomic E-state index is 13.5. The lowest BCUT2D eigenvalue weighted by molar-refractivity contribution is -0.137. The lowest BCUT2D eigenvalue weighted by atomic mass is 10.1. The first kappa shape index (κ1) is 26.1. The Labute approximate surface area is 220 Å². The molecule has 4 heterocycles. The summed E-state index contributed by atoms with van der Waals surface area (Å²) in [7, 11) is 1.51. The molecule has 39 heavy (non-hydrogen) atoms. The molecule has 1 amide bonds. The number of amides is 1. The van der Waals surface area contributed by atoms with Gasteiger partial charge in [-0.25, -0.2) is 19.3 Å². The minimum Gasteiger partial charge on any atom is -0.493 e. The number of ether oxygens (including phenoxy) is 2. The molecule has 0 spiro atoms. The Bertz CT molecular complexity index is 1550. The number of fused-ring (bicyclic) bond motifs is 1. The van der Waals surface area contributed by atoms with Crippen LogP contribution in [0.15, 0.2) is 42.6 Å². The van der Waals surface area contributed by atoms with Crippen LogP contribution in [0.2, 0.25) is 0 Å². The number of carboxylic acid groups (broad SMARTS) is 1. The zero-order chi connectivity index (χ0) is 27.9. The number of likely N-dealkylation sites (tertiary alicyclic amines) is 1. The monoisotopic (exact) mass is 542 g/mol. The highest BCUT2D eigenvalue weighted by Crippen LogP contribution is 2.37. The number of nitrogens with two attached hydrogens (primary N) is 1. The summed E-state index contributed by atoms with van der Waals surface area (Å²) < 4.78 is 53.5. The number of hydrogen-bond donors (Lipinski definition) is 2. The summed E-state index contributed by atoms with van der Waals surface area (Å²) >= 11 is 0. The molecule has 0 radical (unpaired) electrons. The van der Waals surface area contributed by atoms with Gasteiger partial charge in [0.2, 0.25) is 0 Å². The summed E-state index contributed by atoms with van der Waals surface area (Å²) in [5.41, 5.74) is 7.15. The summed E-state index contributed by atoms with van der Waals surface area (Å²) in [5, 5.41) is 13.8. The van der Waals surface area contributed by atoms with Gasteiger partial charge in [-0.15, -0.1) is 0 Å². The normalized spacial score (nSPS) is 14.5. The predicted molar refractivity (Wildman–Crippen MR) is 136 cm³/mol. The molecule has 1 fully saturated rings. The molecule has 10 nitrogen and oxygen atoms in total. The number of halogens is 3. The van der Waals surface area contributed by atoms with E-state index in [-0.39, 0.29) is 11.7 Å². The highest BCUT2D eigenvalue weighted by atomic mass is 19.4. The minimum atomic E-state index is -4.66. The van der Waals surface area contributed by atoms with Gasteiger partial charge >= 0.3 is 12.3 Å².